The van der Waals surface area contributed by atoms with E-state index in [9.17, 15) is 0 Å². The van der Waals surface area contributed by atoms with Crippen LogP contribution in [0.2, 0.25) is 5.02 Å². The van der Waals surface area contributed by atoms with Crippen molar-refractivity contribution in [2.75, 3.05) is 12.5 Å². The molecule has 0 aromatic heterocycles. The zero-order valence-corrected chi connectivity index (χ0v) is 9.70. The summed E-state index contributed by atoms with van der Waals surface area (Å²) in [5, 5.41) is 0.564. The smallest absolute Gasteiger partial charge is 0.231 e. The molecule has 1 aliphatic heterocycles. The summed E-state index contributed by atoms with van der Waals surface area (Å²) in [6.07, 6.45) is 0. The largest absolute Gasteiger partial charge is 0.454 e. The van der Waals surface area contributed by atoms with Gasteiger partial charge in [-0.1, -0.05) is 23.7 Å². The average Bonchev–Trinajstić information content (AvgIpc) is 2.79. The highest BCUT2D eigenvalue weighted by molar-refractivity contribution is 6.33. The van der Waals surface area contributed by atoms with Crippen molar-refractivity contribution in [3.8, 4) is 22.6 Å². The zero-order valence-electron chi connectivity index (χ0n) is 8.94. The van der Waals surface area contributed by atoms with Crippen LogP contribution in [0.1, 0.15) is 0 Å². The third-order valence-corrected chi connectivity index (χ3v) is 3.05. The summed E-state index contributed by atoms with van der Waals surface area (Å²) in [4.78, 5) is 0. The first-order valence-electron chi connectivity index (χ1n) is 5.19. The molecule has 1 aliphatic rings. The van der Waals surface area contributed by atoms with Crippen molar-refractivity contribution in [2.24, 2.45) is 0 Å². The molecule has 0 amide bonds. The number of hydrogen-bond donors (Lipinski definition) is 1. The van der Waals surface area contributed by atoms with Gasteiger partial charge in [-0.2, -0.15) is 0 Å². The Kier molecular flexibility index (Phi) is 2.34. The number of anilines is 1. The minimum absolute atomic E-state index is 0.279. The SMILES string of the molecule is Nc1cc(-c2ccc3c(c2)OCO3)ccc1Cl. The molecule has 3 nitrogen and oxygen atoms in total. The first-order chi connectivity index (χ1) is 8.24. The summed E-state index contributed by atoms with van der Waals surface area (Å²) in [6, 6.07) is 11.4. The Labute approximate surface area is 104 Å². The fourth-order valence-electron chi connectivity index (χ4n) is 1.80. The Bertz CT molecular complexity index is 584. The van der Waals surface area contributed by atoms with Crippen LogP contribution in [0.4, 0.5) is 5.69 Å². The van der Waals surface area contributed by atoms with E-state index in [4.69, 9.17) is 26.8 Å². The lowest BCUT2D eigenvalue weighted by Gasteiger charge is -2.05. The average molecular weight is 248 g/mol. The van der Waals surface area contributed by atoms with Crippen LogP contribution in [-0.2, 0) is 0 Å². The van der Waals surface area contributed by atoms with Crippen molar-refractivity contribution in [3.05, 3.63) is 41.4 Å². The predicted octanol–water partition coefficient (Wildman–Crippen LogP) is 3.32. The van der Waals surface area contributed by atoms with E-state index in [-0.39, 0.29) is 6.79 Å². The molecule has 0 radical (unpaired) electrons. The Balaban J connectivity index is 2.06. The molecule has 0 spiro atoms. The van der Waals surface area contributed by atoms with Crippen LogP contribution in [0.5, 0.6) is 11.5 Å². The van der Waals surface area contributed by atoms with Gasteiger partial charge in [0.2, 0.25) is 6.79 Å². The highest BCUT2D eigenvalue weighted by Crippen LogP contribution is 2.36. The molecule has 0 unspecified atom stereocenters. The van der Waals surface area contributed by atoms with E-state index in [2.05, 4.69) is 0 Å². The van der Waals surface area contributed by atoms with Crippen LogP contribution >= 0.6 is 11.6 Å². The summed E-state index contributed by atoms with van der Waals surface area (Å²) < 4.78 is 10.6. The standard InChI is InChI=1S/C13H10ClNO2/c14-10-3-1-8(5-11(10)15)9-2-4-12-13(6-9)17-7-16-12/h1-6H,7,15H2. The van der Waals surface area contributed by atoms with E-state index in [1.807, 2.05) is 30.3 Å². The molecular formula is C13H10ClNO2. The van der Waals surface area contributed by atoms with E-state index >= 15 is 0 Å². The van der Waals surface area contributed by atoms with Crippen molar-refractivity contribution in [1.29, 1.82) is 0 Å². The van der Waals surface area contributed by atoms with Gasteiger partial charge >= 0.3 is 0 Å². The van der Waals surface area contributed by atoms with Gasteiger partial charge in [-0.05, 0) is 35.4 Å². The highest BCUT2D eigenvalue weighted by atomic mass is 35.5. The Hall–Kier alpha value is -1.87. The maximum absolute atomic E-state index is 5.89. The van der Waals surface area contributed by atoms with Gasteiger partial charge in [-0.25, -0.2) is 0 Å². The lowest BCUT2D eigenvalue weighted by Crippen LogP contribution is -1.92. The van der Waals surface area contributed by atoms with Gasteiger partial charge in [0, 0.05) is 0 Å². The van der Waals surface area contributed by atoms with Crippen LogP contribution in [0.3, 0.4) is 0 Å². The molecule has 86 valence electrons. The molecule has 2 aromatic carbocycles. The van der Waals surface area contributed by atoms with E-state index in [0.29, 0.717) is 10.7 Å². The monoisotopic (exact) mass is 247 g/mol. The summed E-state index contributed by atoms with van der Waals surface area (Å²) in [5.41, 5.74) is 8.38. The molecule has 0 bridgehead atoms. The Morgan fingerprint density at radius 1 is 0.941 bits per heavy atom. The van der Waals surface area contributed by atoms with Crippen molar-refractivity contribution in [1.82, 2.24) is 0 Å². The van der Waals surface area contributed by atoms with Crippen LogP contribution in [0.15, 0.2) is 36.4 Å². The molecule has 0 fully saturated rings. The van der Waals surface area contributed by atoms with Crippen molar-refractivity contribution in [2.45, 2.75) is 0 Å². The molecule has 0 saturated heterocycles. The minimum atomic E-state index is 0.279. The molecule has 3 rings (SSSR count). The molecule has 0 saturated carbocycles. The normalized spacial score (nSPS) is 12.8. The summed E-state index contributed by atoms with van der Waals surface area (Å²) >= 11 is 5.89. The third kappa shape index (κ3) is 1.78. The van der Waals surface area contributed by atoms with Gasteiger partial charge in [0.1, 0.15) is 0 Å². The number of benzene rings is 2. The molecule has 0 atom stereocenters. The number of nitrogen functional groups attached to an aromatic ring is 1. The molecule has 0 aliphatic carbocycles. The predicted molar refractivity (Wildman–Crippen MR) is 67.4 cm³/mol. The Morgan fingerprint density at radius 2 is 1.65 bits per heavy atom. The minimum Gasteiger partial charge on any atom is -0.454 e. The van der Waals surface area contributed by atoms with Crippen LogP contribution in [0, 0.1) is 0 Å². The van der Waals surface area contributed by atoms with Gasteiger partial charge in [0.25, 0.3) is 0 Å². The second kappa shape index (κ2) is 3.86. The lowest BCUT2D eigenvalue weighted by atomic mass is 10.0. The summed E-state index contributed by atoms with van der Waals surface area (Å²) in [5.74, 6) is 1.53. The number of fused-ring (bicyclic) bond motifs is 1. The van der Waals surface area contributed by atoms with E-state index in [1.54, 1.807) is 6.07 Å². The van der Waals surface area contributed by atoms with Gasteiger partial charge < -0.3 is 15.2 Å². The summed E-state index contributed by atoms with van der Waals surface area (Å²) in [6.45, 7) is 0.279. The molecule has 1 heterocycles. The number of ether oxygens (including phenoxy) is 2. The second-order valence-electron chi connectivity index (χ2n) is 3.80. The third-order valence-electron chi connectivity index (χ3n) is 2.70. The van der Waals surface area contributed by atoms with Crippen LogP contribution in [0.25, 0.3) is 11.1 Å². The topological polar surface area (TPSA) is 44.5 Å². The number of hydrogen-bond acceptors (Lipinski definition) is 3. The maximum atomic E-state index is 5.89. The van der Waals surface area contributed by atoms with Crippen molar-refractivity contribution in [3.63, 3.8) is 0 Å². The Morgan fingerprint density at radius 3 is 2.47 bits per heavy atom. The van der Waals surface area contributed by atoms with Gasteiger partial charge in [-0.3, -0.25) is 0 Å². The fourth-order valence-corrected chi connectivity index (χ4v) is 1.92. The van der Waals surface area contributed by atoms with Gasteiger partial charge in [0.05, 0.1) is 10.7 Å². The van der Waals surface area contributed by atoms with Crippen molar-refractivity contribution >= 4 is 17.3 Å². The van der Waals surface area contributed by atoms with Crippen LogP contribution in [-0.4, -0.2) is 6.79 Å². The summed E-state index contributed by atoms with van der Waals surface area (Å²) in [7, 11) is 0. The molecule has 17 heavy (non-hydrogen) atoms. The molecule has 2 aromatic rings. The highest BCUT2D eigenvalue weighted by Gasteiger charge is 2.13. The lowest BCUT2D eigenvalue weighted by molar-refractivity contribution is 0.174. The first-order valence-corrected chi connectivity index (χ1v) is 5.57. The second-order valence-corrected chi connectivity index (χ2v) is 4.21. The van der Waals surface area contributed by atoms with E-state index in [0.717, 1.165) is 22.6 Å². The molecule has 2 N–H and O–H groups in total. The number of nitrogens with two attached hydrogens (primary N) is 1. The number of rotatable bonds is 1. The first kappa shape index (κ1) is 10.3. The fraction of sp³-hybridized carbons (Fsp3) is 0.0769. The zero-order chi connectivity index (χ0) is 11.8. The van der Waals surface area contributed by atoms with Crippen LogP contribution < -0.4 is 15.2 Å². The van der Waals surface area contributed by atoms with Gasteiger partial charge in [-0.15, -0.1) is 0 Å². The molecular weight excluding hydrogens is 238 g/mol. The molecule has 4 heteroatoms. The quantitative estimate of drug-likeness (QED) is 0.787. The van der Waals surface area contributed by atoms with E-state index < -0.39 is 0 Å². The van der Waals surface area contributed by atoms with Gasteiger partial charge in [0.15, 0.2) is 11.5 Å². The number of halogens is 1. The van der Waals surface area contributed by atoms with Crippen molar-refractivity contribution < 1.29 is 9.47 Å². The maximum Gasteiger partial charge on any atom is 0.231 e. The van der Waals surface area contributed by atoms with E-state index in [1.165, 1.54) is 0 Å².